The largest absolute Gasteiger partial charge is 0.478 e. The molecule has 10 heteroatoms. The van der Waals surface area contributed by atoms with Crippen LogP contribution in [-0.4, -0.2) is 37.1 Å². The van der Waals surface area contributed by atoms with Crippen LogP contribution in [0.4, 0.5) is 5.69 Å². The molecule has 2 aromatic carbocycles. The van der Waals surface area contributed by atoms with Gasteiger partial charge in [-0.25, -0.2) is 18.0 Å². The Kier molecular flexibility index (Phi) is 6.92. The van der Waals surface area contributed by atoms with E-state index in [1.54, 1.807) is 0 Å². The van der Waals surface area contributed by atoms with Crippen LogP contribution in [0.15, 0.2) is 41.3 Å². The molecule has 0 aliphatic carbocycles. The van der Waals surface area contributed by atoms with Crippen LogP contribution in [0.2, 0.25) is 10.0 Å². The number of hydrogen-bond donors (Lipinski definition) is 2. The number of nitrogens with zero attached hydrogens (tertiary/aromatic N) is 1. The molecule has 0 aromatic heterocycles. The molecule has 0 saturated carbocycles. The van der Waals surface area contributed by atoms with Gasteiger partial charge >= 0.3 is 11.9 Å². The lowest BCUT2D eigenvalue weighted by molar-refractivity contribution is 0.0686. The summed E-state index contributed by atoms with van der Waals surface area (Å²) in [6, 6.07) is 7.64. The molecule has 0 heterocycles. The maximum absolute atomic E-state index is 13.3. The summed E-state index contributed by atoms with van der Waals surface area (Å²) in [7, 11) is -4.31. The van der Waals surface area contributed by atoms with Crippen molar-refractivity contribution in [2.24, 2.45) is 0 Å². The number of aromatic carboxylic acids is 2. The number of benzene rings is 2. The molecule has 0 radical (unpaired) electrons. The highest BCUT2D eigenvalue weighted by atomic mass is 35.5. The molecule has 2 N–H and O–H groups in total. The Morgan fingerprint density at radius 1 is 1.04 bits per heavy atom. The van der Waals surface area contributed by atoms with Crippen LogP contribution in [0.1, 0.15) is 40.5 Å². The molecule has 0 aliphatic heterocycles. The lowest BCUT2D eigenvalue weighted by Crippen LogP contribution is -2.33. The number of halogens is 2. The second kappa shape index (κ2) is 8.81. The smallest absolute Gasteiger partial charge is 0.337 e. The number of rotatable bonds is 8. The van der Waals surface area contributed by atoms with Crippen molar-refractivity contribution < 1.29 is 28.2 Å². The SMILES string of the molecule is CCCCN(c1ccccc1C(=O)O)S(=O)(=O)c1cc(Cl)c(Cl)c(C(=O)O)c1. The van der Waals surface area contributed by atoms with E-state index in [0.29, 0.717) is 12.8 Å². The Bertz CT molecular complexity index is 1020. The zero-order chi connectivity index (χ0) is 21.1. The zero-order valence-electron chi connectivity index (χ0n) is 14.7. The number of anilines is 1. The van der Waals surface area contributed by atoms with E-state index < -0.39 is 32.4 Å². The topological polar surface area (TPSA) is 112 Å². The Morgan fingerprint density at radius 3 is 2.21 bits per heavy atom. The normalized spacial score (nSPS) is 11.2. The van der Waals surface area contributed by atoms with Crippen molar-refractivity contribution in [3.63, 3.8) is 0 Å². The quantitative estimate of drug-likeness (QED) is 0.622. The van der Waals surface area contributed by atoms with Crippen LogP contribution in [0.5, 0.6) is 0 Å². The minimum atomic E-state index is -4.31. The Morgan fingerprint density at radius 2 is 1.64 bits per heavy atom. The lowest BCUT2D eigenvalue weighted by atomic mass is 10.1. The van der Waals surface area contributed by atoms with Crippen molar-refractivity contribution in [3.05, 3.63) is 57.6 Å². The van der Waals surface area contributed by atoms with Gasteiger partial charge in [-0.05, 0) is 30.7 Å². The van der Waals surface area contributed by atoms with Gasteiger partial charge in [0.15, 0.2) is 0 Å². The second-order valence-corrected chi connectivity index (χ2v) is 8.47. The Labute approximate surface area is 172 Å². The molecule has 28 heavy (non-hydrogen) atoms. The van der Waals surface area contributed by atoms with Gasteiger partial charge in [-0.2, -0.15) is 0 Å². The van der Waals surface area contributed by atoms with Gasteiger partial charge in [0, 0.05) is 6.54 Å². The van der Waals surface area contributed by atoms with Crippen molar-refractivity contribution in [1.29, 1.82) is 0 Å². The van der Waals surface area contributed by atoms with Gasteiger partial charge in [-0.3, -0.25) is 4.31 Å². The van der Waals surface area contributed by atoms with Crippen molar-refractivity contribution in [1.82, 2.24) is 0 Å². The molecule has 0 atom stereocenters. The molecule has 0 fully saturated rings. The first-order chi connectivity index (χ1) is 13.1. The van der Waals surface area contributed by atoms with Crippen LogP contribution >= 0.6 is 23.2 Å². The molecule has 2 aromatic rings. The van der Waals surface area contributed by atoms with Crippen LogP contribution in [-0.2, 0) is 10.0 Å². The van der Waals surface area contributed by atoms with Crippen LogP contribution in [0.25, 0.3) is 0 Å². The van der Waals surface area contributed by atoms with E-state index in [1.165, 1.54) is 24.3 Å². The first-order valence-corrected chi connectivity index (χ1v) is 10.4. The van der Waals surface area contributed by atoms with Crippen LogP contribution in [0, 0.1) is 0 Å². The van der Waals surface area contributed by atoms with Crippen LogP contribution < -0.4 is 4.31 Å². The third-order valence-electron chi connectivity index (χ3n) is 3.94. The predicted molar refractivity (Wildman–Crippen MR) is 106 cm³/mol. The van der Waals surface area contributed by atoms with E-state index in [4.69, 9.17) is 23.2 Å². The first-order valence-electron chi connectivity index (χ1n) is 8.18. The fraction of sp³-hybridized carbons (Fsp3) is 0.222. The monoisotopic (exact) mass is 445 g/mol. The molecule has 0 spiro atoms. The highest BCUT2D eigenvalue weighted by Gasteiger charge is 2.30. The summed E-state index contributed by atoms with van der Waals surface area (Å²) in [4.78, 5) is 22.6. The summed E-state index contributed by atoms with van der Waals surface area (Å²) < 4.78 is 27.5. The average molecular weight is 446 g/mol. The zero-order valence-corrected chi connectivity index (χ0v) is 17.1. The summed E-state index contributed by atoms with van der Waals surface area (Å²) >= 11 is 11.8. The third-order valence-corrected chi connectivity index (χ3v) is 6.53. The standard InChI is InChI=1S/C18H17Cl2NO6S/c1-2-3-8-21(15-7-5-4-6-12(15)17(22)23)28(26,27)11-9-13(18(24)25)16(20)14(19)10-11/h4-7,9-10H,2-3,8H2,1H3,(H,22,23)(H,24,25). The number of hydrogen-bond acceptors (Lipinski definition) is 4. The number of sulfonamides is 1. The molecule has 2 rings (SSSR count). The number of carboxylic acid groups (broad SMARTS) is 2. The number of carboxylic acids is 2. The Hall–Kier alpha value is -2.29. The van der Waals surface area contributed by atoms with Crippen molar-refractivity contribution in [2.45, 2.75) is 24.7 Å². The fourth-order valence-electron chi connectivity index (χ4n) is 2.54. The maximum atomic E-state index is 13.3. The predicted octanol–water partition coefficient (Wildman–Crippen LogP) is 4.39. The van der Waals surface area contributed by atoms with E-state index in [0.717, 1.165) is 16.4 Å². The number of carbonyl (C=O) groups is 2. The minimum Gasteiger partial charge on any atom is -0.478 e. The maximum Gasteiger partial charge on any atom is 0.337 e. The second-order valence-electron chi connectivity index (χ2n) is 5.82. The molecule has 0 unspecified atom stereocenters. The molecule has 0 aliphatic rings. The van der Waals surface area contributed by atoms with Crippen molar-refractivity contribution in [2.75, 3.05) is 10.8 Å². The van der Waals surface area contributed by atoms with Gasteiger partial charge in [0.25, 0.3) is 10.0 Å². The third kappa shape index (κ3) is 4.40. The summed E-state index contributed by atoms with van der Waals surface area (Å²) in [6.45, 7) is 1.86. The fourth-order valence-corrected chi connectivity index (χ4v) is 4.59. The van der Waals surface area contributed by atoms with Crippen molar-refractivity contribution in [3.8, 4) is 0 Å². The van der Waals surface area contributed by atoms with E-state index in [2.05, 4.69) is 0 Å². The van der Waals surface area contributed by atoms with Gasteiger partial charge in [0.2, 0.25) is 0 Å². The Balaban J connectivity index is 2.71. The van der Waals surface area contributed by atoms with Crippen molar-refractivity contribution >= 4 is 50.9 Å². The molecule has 7 nitrogen and oxygen atoms in total. The highest BCUT2D eigenvalue weighted by molar-refractivity contribution is 7.92. The van der Waals surface area contributed by atoms with Gasteiger partial charge in [0.1, 0.15) is 0 Å². The number of para-hydroxylation sites is 1. The summed E-state index contributed by atoms with van der Waals surface area (Å²) in [5.41, 5.74) is -0.679. The minimum absolute atomic E-state index is 0.00573. The van der Waals surface area contributed by atoms with E-state index >= 15 is 0 Å². The molecule has 150 valence electrons. The van der Waals surface area contributed by atoms with E-state index in [9.17, 15) is 28.2 Å². The first kappa shape index (κ1) is 22.0. The molecular weight excluding hydrogens is 429 g/mol. The molecular formula is C18H17Cl2NO6S. The van der Waals surface area contributed by atoms with Crippen LogP contribution in [0.3, 0.4) is 0 Å². The van der Waals surface area contributed by atoms with Gasteiger partial charge in [-0.15, -0.1) is 0 Å². The number of unbranched alkanes of at least 4 members (excludes halogenated alkanes) is 1. The average Bonchev–Trinajstić information content (AvgIpc) is 2.63. The summed E-state index contributed by atoms with van der Waals surface area (Å²) in [5, 5.41) is 18.2. The van der Waals surface area contributed by atoms with Gasteiger partial charge < -0.3 is 10.2 Å². The highest BCUT2D eigenvalue weighted by Crippen LogP contribution is 2.33. The van der Waals surface area contributed by atoms with Gasteiger partial charge in [0.05, 0.1) is 31.8 Å². The van der Waals surface area contributed by atoms with E-state index in [1.807, 2.05) is 6.92 Å². The molecule has 0 saturated heterocycles. The summed E-state index contributed by atoms with van der Waals surface area (Å²) in [6.07, 6.45) is 1.11. The molecule has 0 bridgehead atoms. The summed E-state index contributed by atoms with van der Waals surface area (Å²) in [5.74, 6) is -2.72. The lowest BCUT2D eigenvalue weighted by Gasteiger charge is -2.26. The van der Waals surface area contributed by atoms with Gasteiger partial charge in [-0.1, -0.05) is 48.7 Å². The van der Waals surface area contributed by atoms with E-state index in [-0.39, 0.29) is 27.8 Å². The molecule has 0 amide bonds.